The van der Waals surface area contributed by atoms with E-state index in [2.05, 4.69) is 44.0 Å². The highest BCUT2D eigenvalue weighted by Crippen LogP contribution is 2.19. The molecule has 3 heterocycles. The number of anilines is 1. The predicted octanol–water partition coefficient (Wildman–Crippen LogP) is 2.35. The van der Waals surface area contributed by atoms with E-state index in [-0.39, 0.29) is 5.56 Å². The van der Waals surface area contributed by atoms with Crippen LogP contribution >= 0.6 is 0 Å². The van der Waals surface area contributed by atoms with Crippen LogP contribution in [0.25, 0.3) is 11.5 Å². The molecule has 1 fully saturated rings. The first kappa shape index (κ1) is 15.7. The van der Waals surface area contributed by atoms with Crippen LogP contribution < -0.4 is 10.5 Å². The van der Waals surface area contributed by atoms with Crippen LogP contribution in [0, 0.1) is 0 Å². The molecule has 4 rings (SSSR count). The first-order chi connectivity index (χ1) is 12.3. The van der Waals surface area contributed by atoms with E-state index in [1.54, 1.807) is 12.3 Å². The number of hydrogen-bond acceptors (Lipinski definition) is 5. The summed E-state index contributed by atoms with van der Waals surface area (Å²) >= 11 is 0. The molecular formula is C19H20N4O2. The zero-order valence-corrected chi connectivity index (χ0v) is 13.9. The van der Waals surface area contributed by atoms with Crippen LogP contribution in [0.5, 0.6) is 0 Å². The van der Waals surface area contributed by atoms with Gasteiger partial charge >= 0.3 is 0 Å². The highest BCUT2D eigenvalue weighted by Gasteiger charge is 2.19. The maximum absolute atomic E-state index is 12.0. The molecule has 0 spiro atoms. The van der Waals surface area contributed by atoms with Crippen molar-refractivity contribution in [3.05, 3.63) is 70.7 Å². The first-order valence-electron chi connectivity index (χ1n) is 8.44. The first-order valence-corrected chi connectivity index (χ1v) is 8.44. The number of nitrogens with one attached hydrogen (secondary N) is 1. The summed E-state index contributed by atoms with van der Waals surface area (Å²) < 4.78 is 5.36. The molecule has 3 aromatic rings. The summed E-state index contributed by atoms with van der Waals surface area (Å²) in [6, 6.07) is 15.5. The van der Waals surface area contributed by atoms with Gasteiger partial charge in [-0.25, -0.2) is 4.98 Å². The molecule has 0 saturated carbocycles. The molecule has 1 N–H and O–H groups in total. The second kappa shape index (κ2) is 6.94. The minimum absolute atomic E-state index is 0.164. The van der Waals surface area contributed by atoms with Crippen LogP contribution in [0.2, 0.25) is 0 Å². The van der Waals surface area contributed by atoms with E-state index < -0.39 is 0 Å². The summed E-state index contributed by atoms with van der Waals surface area (Å²) in [5.74, 6) is 1.22. The van der Waals surface area contributed by atoms with Crippen molar-refractivity contribution in [2.75, 3.05) is 31.1 Å². The van der Waals surface area contributed by atoms with Gasteiger partial charge in [0.25, 0.3) is 5.56 Å². The van der Waals surface area contributed by atoms with Gasteiger partial charge in [-0.15, -0.1) is 0 Å². The van der Waals surface area contributed by atoms with Crippen molar-refractivity contribution in [3.8, 4) is 11.5 Å². The summed E-state index contributed by atoms with van der Waals surface area (Å²) in [6.07, 6.45) is 1.58. The van der Waals surface area contributed by atoms with Gasteiger partial charge in [0.2, 0.25) is 5.95 Å². The fourth-order valence-corrected chi connectivity index (χ4v) is 3.10. The third-order valence-electron chi connectivity index (χ3n) is 4.42. The van der Waals surface area contributed by atoms with Gasteiger partial charge in [-0.05, 0) is 17.7 Å². The standard InChI is InChI=1S/C19H20N4O2/c24-18-13-16(17-7-4-12-25-17)20-19(21-18)23-10-8-22(9-11-23)14-15-5-2-1-3-6-15/h1-7,12-13H,8-11,14H2,(H,20,21,24). The fourth-order valence-electron chi connectivity index (χ4n) is 3.10. The lowest BCUT2D eigenvalue weighted by Crippen LogP contribution is -2.46. The topological polar surface area (TPSA) is 65.4 Å². The summed E-state index contributed by atoms with van der Waals surface area (Å²) in [5.41, 5.74) is 1.72. The normalized spacial score (nSPS) is 15.4. The number of piperazine rings is 1. The molecule has 1 aliphatic rings. The number of benzene rings is 1. The van der Waals surface area contributed by atoms with Crippen molar-refractivity contribution in [2.24, 2.45) is 0 Å². The molecular weight excluding hydrogens is 316 g/mol. The number of aromatic amines is 1. The second-order valence-corrected chi connectivity index (χ2v) is 6.18. The Balaban J connectivity index is 1.45. The molecule has 0 amide bonds. The zero-order chi connectivity index (χ0) is 17.1. The van der Waals surface area contributed by atoms with E-state index in [0.717, 1.165) is 32.7 Å². The Morgan fingerprint density at radius 3 is 2.56 bits per heavy atom. The van der Waals surface area contributed by atoms with Gasteiger partial charge < -0.3 is 9.32 Å². The van der Waals surface area contributed by atoms with Gasteiger partial charge in [-0.1, -0.05) is 30.3 Å². The van der Waals surface area contributed by atoms with Crippen LogP contribution in [-0.4, -0.2) is 41.0 Å². The third-order valence-corrected chi connectivity index (χ3v) is 4.42. The second-order valence-electron chi connectivity index (χ2n) is 6.18. The van der Waals surface area contributed by atoms with E-state index >= 15 is 0 Å². The number of rotatable bonds is 4. The monoisotopic (exact) mass is 336 g/mol. The highest BCUT2D eigenvalue weighted by atomic mass is 16.3. The summed E-state index contributed by atoms with van der Waals surface area (Å²) in [7, 11) is 0. The van der Waals surface area contributed by atoms with Crippen LogP contribution in [0.1, 0.15) is 5.56 Å². The number of H-pyrrole nitrogens is 1. The number of furan rings is 1. The number of hydrogen-bond donors (Lipinski definition) is 1. The highest BCUT2D eigenvalue weighted by molar-refractivity contribution is 5.53. The third kappa shape index (κ3) is 3.64. The van der Waals surface area contributed by atoms with Gasteiger partial charge in [-0.3, -0.25) is 14.7 Å². The van der Waals surface area contributed by atoms with Crippen molar-refractivity contribution in [3.63, 3.8) is 0 Å². The Morgan fingerprint density at radius 2 is 1.84 bits per heavy atom. The SMILES string of the molecule is O=c1cc(-c2ccco2)nc(N2CCN(Cc3ccccc3)CC2)[nH]1. The molecule has 0 unspecified atom stereocenters. The molecule has 6 heteroatoms. The Bertz CT molecular complexity index is 866. The largest absolute Gasteiger partial charge is 0.463 e. The molecule has 2 aromatic heterocycles. The minimum Gasteiger partial charge on any atom is -0.463 e. The van der Waals surface area contributed by atoms with Gasteiger partial charge in [0.05, 0.1) is 6.26 Å². The van der Waals surface area contributed by atoms with Crippen molar-refractivity contribution >= 4 is 5.95 Å². The fraction of sp³-hybridized carbons (Fsp3) is 0.263. The van der Waals surface area contributed by atoms with Crippen LogP contribution in [0.4, 0.5) is 5.95 Å². The number of aromatic nitrogens is 2. The average molecular weight is 336 g/mol. The maximum Gasteiger partial charge on any atom is 0.252 e. The molecule has 1 aliphatic heterocycles. The summed E-state index contributed by atoms with van der Waals surface area (Å²) in [4.78, 5) is 23.9. The Morgan fingerprint density at radius 1 is 1.04 bits per heavy atom. The van der Waals surface area contributed by atoms with E-state index in [4.69, 9.17) is 4.42 Å². The van der Waals surface area contributed by atoms with Crippen molar-refractivity contribution in [1.29, 1.82) is 0 Å². The van der Waals surface area contributed by atoms with Gasteiger partial charge in [0, 0.05) is 38.8 Å². The lowest BCUT2D eigenvalue weighted by atomic mass is 10.2. The van der Waals surface area contributed by atoms with E-state index in [9.17, 15) is 4.79 Å². The predicted molar refractivity (Wildman–Crippen MR) is 96.5 cm³/mol. The van der Waals surface area contributed by atoms with E-state index in [1.807, 2.05) is 12.1 Å². The molecule has 0 bridgehead atoms. The van der Waals surface area contributed by atoms with Gasteiger partial charge in [0.15, 0.2) is 5.76 Å². The van der Waals surface area contributed by atoms with Gasteiger partial charge in [-0.2, -0.15) is 0 Å². The van der Waals surface area contributed by atoms with E-state index in [1.165, 1.54) is 11.6 Å². The van der Waals surface area contributed by atoms with Crippen molar-refractivity contribution < 1.29 is 4.42 Å². The smallest absolute Gasteiger partial charge is 0.252 e. The summed E-state index contributed by atoms with van der Waals surface area (Å²) in [5, 5.41) is 0. The molecule has 1 saturated heterocycles. The molecule has 0 radical (unpaired) electrons. The number of nitrogens with zero attached hydrogens (tertiary/aromatic N) is 3. The molecule has 25 heavy (non-hydrogen) atoms. The lowest BCUT2D eigenvalue weighted by molar-refractivity contribution is 0.248. The van der Waals surface area contributed by atoms with Crippen LogP contribution in [0.15, 0.2) is 64.0 Å². The lowest BCUT2D eigenvalue weighted by Gasteiger charge is -2.35. The molecule has 0 aliphatic carbocycles. The van der Waals surface area contributed by atoms with Crippen LogP contribution in [-0.2, 0) is 6.54 Å². The molecule has 6 nitrogen and oxygen atoms in total. The average Bonchev–Trinajstić information content (AvgIpc) is 3.17. The molecule has 128 valence electrons. The Labute approximate surface area is 145 Å². The van der Waals surface area contributed by atoms with Gasteiger partial charge in [0.1, 0.15) is 5.69 Å². The van der Waals surface area contributed by atoms with Crippen LogP contribution in [0.3, 0.4) is 0 Å². The Kier molecular flexibility index (Phi) is 4.35. The maximum atomic E-state index is 12.0. The quantitative estimate of drug-likeness (QED) is 0.792. The summed E-state index contributed by atoms with van der Waals surface area (Å²) in [6.45, 7) is 4.48. The minimum atomic E-state index is -0.164. The zero-order valence-electron chi connectivity index (χ0n) is 13.9. The van der Waals surface area contributed by atoms with Crippen molar-refractivity contribution in [2.45, 2.75) is 6.54 Å². The molecule has 1 aromatic carbocycles. The molecule has 0 atom stereocenters. The van der Waals surface area contributed by atoms with Crippen molar-refractivity contribution in [1.82, 2.24) is 14.9 Å². The van der Waals surface area contributed by atoms with E-state index in [0.29, 0.717) is 17.4 Å². The Hall–Kier alpha value is -2.86.